The molecule has 2 aliphatic rings. The number of aromatic nitrogens is 1. The Kier molecular flexibility index (Phi) is 5.47. The highest BCUT2D eigenvalue weighted by molar-refractivity contribution is 7.86. The van der Waals surface area contributed by atoms with Gasteiger partial charge in [-0.05, 0) is 25.8 Å². The molecule has 2 aliphatic heterocycles. The first-order chi connectivity index (χ1) is 11.9. The molecule has 0 aliphatic carbocycles. The molecule has 0 bridgehead atoms. The maximum atomic E-state index is 12.6. The molecule has 25 heavy (non-hydrogen) atoms. The molecule has 0 saturated carbocycles. The number of hydrogen-bond acceptors (Lipinski definition) is 5. The number of rotatable bonds is 4. The highest BCUT2D eigenvalue weighted by Gasteiger charge is 2.34. The molecule has 3 heterocycles. The second-order valence-electron chi connectivity index (χ2n) is 6.47. The zero-order chi connectivity index (χ0) is 18.0. The molecule has 0 radical (unpaired) electrons. The van der Waals surface area contributed by atoms with Crippen LogP contribution in [0.25, 0.3) is 0 Å². The first kappa shape index (κ1) is 18.4. The minimum Gasteiger partial charge on any atom is -0.490 e. The van der Waals surface area contributed by atoms with Gasteiger partial charge in [-0.2, -0.15) is 17.0 Å². The van der Waals surface area contributed by atoms with Gasteiger partial charge in [-0.25, -0.2) is 0 Å². The molecule has 1 aromatic heterocycles. The van der Waals surface area contributed by atoms with E-state index in [9.17, 15) is 13.2 Å². The second kappa shape index (κ2) is 7.45. The predicted octanol–water partition coefficient (Wildman–Crippen LogP) is 0.114. The molecule has 2 saturated heterocycles. The normalized spacial score (nSPS) is 21.4. The first-order valence-electron chi connectivity index (χ1n) is 8.55. The standard InChI is InChI=1S/C16H25N3O5S/c1-13-11-15(12-16(20)17(13)2)24-14-3-5-18(6-4-14)25(21,22)19-7-9-23-10-8-19/h11-12,14H,3-10H2,1-2H3. The van der Waals surface area contributed by atoms with Crippen LogP contribution in [0.15, 0.2) is 16.9 Å². The van der Waals surface area contributed by atoms with Crippen molar-refractivity contribution in [2.24, 2.45) is 7.05 Å². The van der Waals surface area contributed by atoms with Crippen molar-refractivity contribution < 1.29 is 17.9 Å². The minimum absolute atomic E-state index is 0.0809. The number of nitrogens with zero attached hydrogens (tertiary/aromatic N) is 3. The zero-order valence-corrected chi connectivity index (χ0v) is 15.5. The molecule has 0 N–H and O–H groups in total. The summed E-state index contributed by atoms with van der Waals surface area (Å²) < 4.78 is 41.0. The maximum Gasteiger partial charge on any atom is 0.282 e. The van der Waals surface area contributed by atoms with E-state index in [1.54, 1.807) is 11.6 Å². The molecule has 1 aromatic rings. The Morgan fingerprint density at radius 3 is 2.28 bits per heavy atom. The molecule has 9 heteroatoms. The van der Waals surface area contributed by atoms with Gasteiger partial charge in [0, 0.05) is 45.0 Å². The smallest absolute Gasteiger partial charge is 0.282 e. The van der Waals surface area contributed by atoms with E-state index in [-0.39, 0.29) is 11.7 Å². The van der Waals surface area contributed by atoms with Crippen molar-refractivity contribution in [2.45, 2.75) is 25.9 Å². The zero-order valence-electron chi connectivity index (χ0n) is 14.7. The van der Waals surface area contributed by atoms with Crippen molar-refractivity contribution in [3.05, 3.63) is 28.2 Å². The summed E-state index contributed by atoms with van der Waals surface area (Å²) in [4.78, 5) is 11.8. The molecular formula is C16H25N3O5S. The molecule has 3 rings (SSSR count). The van der Waals surface area contributed by atoms with E-state index in [0.29, 0.717) is 58.0 Å². The van der Waals surface area contributed by atoms with Crippen LogP contribution in [0, 0.1) is 6.92 Å². The highest BCUT2D eigenvalue weighted by Crippen LogP contribution is 2.22. The third-order valence-corrected chi connectivity index (χ3v) is 6.84. The van der Waals surface area contributed by atoms with E-state index in [4.69, 9.17) is 9.47 Å². The fourth-order valence-corrected chi connectivity index (χ4v) is 4.73. The van der Waals surface area contributed by atoms with E-state index >= 15 is 0 Å². The van der Waals surface area contributed by atoms with Gasteiger partial charge < -0.3 is 14.0 Å². The highest BCUT2D eigenvalue weighted by atomic mass is 32.2. The number of pyridine rings is 1. The molecule has 0 amide bonds. The van der Waals surface area contributed by atoms with Crippen molar-refractivity contribution in [1.29, 1.82) is 0 Å². The Balaban J connectivity index is 1.59. The van der Waals surface area contributed by atoms with E-state index in [1.807, 2.05) is 13.0 Å². The van der Waals surface area contributed by atoms with E-state index in [1.165, 1.54) is 14.7 Å². The number of hydrogen-bond donors (Lipinski definition) is 0. The number of aryl methyl sites for hydroxylation is 1. The van der Waals surface area contributed by atoms with Gasteiger partial charge in [0.15, 0.2) is 0 Å². The van der Waals surface area contributed by atoms with Crippen LogP contribution in [0.2, 0.25) is 0 Å². The largest absolute Gasteiger partial charge is 0.490 e. The fraction of sp³-hybridized carbons (Fsp3) is 0.688. The Morgan fingerprint density at radius 1 is 1.08 bits per heavy atom. The molecule has 0 spiro atoms. The summed E-state index contributed by atoms with van der Waals surface area (Å²) in [6, 6.07) is 3.31. The summed E-state index contributed by atoms with van der Waals surface area (Å²) in [5.74, 6) is 0.551. The summed E-state index contributed by atoms with van der Waals surface area (Å²) in [5, 5.41) is 0. The van der Waals surface area contributed by atoms with Gasteiger partial charge >= 0.3 is 0 Å². The van der Waals surface area contributed by atoms with Crippen LogP contribution in [0.5, 0.6) is 5.75 Å². The SMILES string of the molecule is Cc1cc(OC2CCN(S(=O)(=O)N3CCOCC3)CC2)cc(=O)n1C. The summed E-state index contributed by atoms with van der Waals surface area (Å²) in [6.07, 6.45) is 1.14. The van der Waals surface area contributed by atoms with Gasteiger partial charge in [0.2, 0.25) is 0 Å². The van der Waals surface area contributed by atoms with Crippen molar-refractivity contribution in [3.8, 4) is 5.75 Å². The molecule has 2 fully saturated rings. The van der Waals surface area contributed by atoms with E-state index < -0.39 is 10.2 Å². The quantitative estimate of drug-likeness (QED) is 0.751. The lowest BCUT2D eigenvalue weighted by Crippen LogP contribution is -2.51. The van der Waals surface area contributed by atoms with Crippen LogP contribution in [-0.4, -0.2) is 67.1 Å². The second-order valence-corrected chi connectivity index (χ2v) is 8.39. The Hall–Kier alpha value is -1.42. The fourth-order valence-electron chi connectivity index (χ4n) is 3.12. The third kappa shape index (κ3) is 4.05. The summed E-state index contributed by atoms with van der Waals surface area (Å²) in [6.45, 7) is 4.41. The molecular weight excluding hydrogens is 346 g/mol. The first-order valence-corrected chi connectivity index (χ1v) is 9.95. The van der Waals surface area contributed by atoms with Gasteiger partial charge in [-0.3, -0.25) is 4.79 Å². The van der Waals surface area contributed by atoms with Gasteiger partial charge in [0.1, 0.15) is 11.9 Å². The van der Waals surface area contributed by atoms with Crippen LogP contribution in [0.1, 0.15) is 18.5 Å². The number of piperidine rings is 1. The van der Waals surface area contributed by atoms with Gasteiger partial charge in [0.05, 0.1) is 13.2 Å². The van der Waals surface area contributed by atoms with Gasteiger partial charge in [0.25, 0.3) is 15.8 Å². The maximum absolute atomic E-state index is 12.6. The lowest BCUT2D eigenvalue weighted by molar-refractivity contribution is 0.0677. The van der Waals surface area contributed by atoms with Crippen LogP contribution < -0.4 is 10.3 Å². The van der Waals surface area contributed by atoms with Crippen molar-refractivity contribution in [2.75, 3.05) is 39.4 Å². The average Bonchev–Trinajstić information content (AvgIpc) is 2.61. The van der Waals surface area contributed by atoms with E-state index in [2.05, 4.69) is 0 Å². The lowest BCUT2D eigenvalue weighted by atomic mass is 10.1. The monoisotopic (exact) mass is 371 g/mol. The number of ether oxygens (including phenoxy) is 2. The van der Waals surface area contributed by atoms with Gasteiger partial charge in [-0.1, -0.05) is 0 Å². The number of morpholine rings is 1. The minimum atomic E-state index is -3.42. The Morgan fingerprint density at radius 2 is 1.68 bits per heavy atom. The van der Waals surface area contributed by atoms with Crippen molar-refractivity contribution in [1.82, 2.24) is 13.2 Å². The molecule has 0 aromatic carbocycles. The molecule has 0 unspecified atom stereocenters. The average molecular weight is 371 g/mol. The summed E-state index contributed by atoms with van der Waals surface area (Å²) in [7, 11) is -1.70. The van der Waals surface area contributed by atoms with Crippen LogP contribution >= 0.6 is 0 Å². The van der Waals surface area contributed by atoms with Crippen molar-refractivity contribution >= 4 is 10.2 Å². The van der Waals surface area contributed by atoms with Crippen LogP contribution in [0.4, 0.5) is 0 Å². The van der Waals surface area contributed by atoms with Gasteiger partial charge in [-0.15, -0.1) is 0 Å². The van der Waals surface area contributed by atoms with Crippen LogP contribution in [0.3, 0.4) is 0 Å². The Bertz CT molecular complexity index is 762. The summed E-state index contributed by atoms with van der Waals surface area (Å²) in [5.41, 5.74) is 0.720. The predicted molar refractivity (Wildman–Crippen MR) is 93.0 cm³/mol. The third-order valence-electron chi connectivity index (χ3n) is 4.80. The Labute approximate surface area is 148 Å². The lowest BCUT2D eigenvalue weighted by Gasteiger charge is -2.36. The molecule has 140 valence electrons. The topological polar surface area (TPSA) is 81.1 Å². The molecule has 8 nitrogen and oxygen atoms in total. The van der Waals surface area contributed by atoms with Crippen molar-refractivity contribution in [3.63, 3.8) is 0 Å². The van der Waals surface area contributed by atoms with E-state index in [0.717, 1.165) is 5.69 Å². The van der Waals surface area contributed by atoms with Crippen LogP contribution in [-0.2, 0) is 22.0 Å². The summed E-state index contributed by atoms with van der Waals surface area (Å²) >= 11 is 0. The molecule has 0 atom stereocenters.